The van der Waals surface area contributed by atoms with Gasteiger partial charge in [0, 0.05) is 19.6 Å². The van der Waals surface area contributed by atoms with Crippen molar-refractivity contribution in [3.8, 4) is 0 Å². The van der Waals surface area contributed by atoms with Gasteiger partial charge in [-0.15, -0.1) is 0 Å². The normalized spacial score (nSPS) is 13.5. The minimum Gasteiger partial charge on any atom is -0.480 e. The molecule has 0 bridgehead atoms. The molecule has 18 N–H and O–H groups in total. The molecule has 4 atom stereocenters. The predicted octanol–water partition coefficient (Wildman–Crippen LogP) is -3.94. The predicted molar refractivity (Wildman–Crippen MR) is 161 cm³/mol. The lowest BCUT2D eigenvalue weighted by atomic mass is 10.0. The highest BCUT2D eigenvalue weighted by Crippen LogP contribution is 2.08. The Morgan fingerprint density at radius 1 is 0.619 bits per heavy atom. The number of aliphatic imine (C=N–C) groups is 3. The molecule has 0 saturated heterocycles. The molecule has 0 saturated carbocycles. The number of hydrogen-bond acceptors (Lipinski definition) is 8. The van der Waals surface area contributed by atoms with Gasteiger partial charge in [-0.1, -0.05) is 13.8 Å². The van der Waals surface area contributed by atoms with Crippen molar-refractivity contribution in [3.05, 3.63) is 0 Å². The quantitative estimate of drug-likeness (QED) is 0.0342. The van der Waals surface area contributed by atoms with Crippen LogP contribution in [0.15, 0.2) is 15.0 Å². The van der Waals surface area contributed by atoms with E-state index in [9.17, 15) is 24.3 Å². The molecule has 18 nitrogen and oxygen atoms in total. The number of aliphatic carboxylic acids is 1. The van der Waals surface area contributed by atoms with E-state index in [4.69, 9.17) is 40.1 Å². The summed E-state index contributed by atoms with van der Waals surface area (Å²) in [7, 11) is 0. The minimum atomic E-state index is -1.28. The van der Waals surface area contributed by atoms with Crippen LogP contribution in [0, 0.1) is 5.92 Å². The molecule has 0 heterocycles. The number of nitrogens with zero attached hydrogens (tertiary/aromatic N) is 3. The van der Waals surface area contributed by atoms with Gasteiger partial charge in [-0.05, 0) is 50.9 Å². The van der Waals surface area contributed by atoms with Gasteiger partial charge in [-0.3, -0.25) is 29.4 Å². The fraction of sp³-hybridized carbons (Fsp3) is 0.708. The molecule has 0 rings (SSSR count). The summed E-state index contributed by atoms with van der Waals surface area (Å²) in [6.07, 6.45) is 1.50. The second kappa shape index (κ2) is 20.5. The summed E-state index contributed by atoms with van der Waals surface area (Å²) in [5.41, 5.74) is 38.0. The summed E-state index contributed by atoms with van der Waals surface area (Å²) in [5.74, 6) is -3.50. The van der Waals surface area contributed by atoms with Gasteiger partial charge in [0.2, 0.25) is 17.7 Å². The first-order chi connectivity index (χ1) is 19.6. The minimum absolute atomic E-state index is 0.0315. The first-order valence-electron chi connectivity index (χ1n) is 13.7. The van der Waals surface area contributed by atoms with Crippen LogP contribution in [-0.2, 0) is 19.2 Å². The van der Waals surface area contributed by atoms with Crippen molar-refractivity contribution in [1.82, 2.24) is 16.0 Å². The lowest BCUT2D eigenvalue weighted by Crippen LogP contribution is -2.57. The summed E-state index contributed by atoms with van der Waals surface area (Å²) < 4.78 is 0. The first-order valence-corrected chi connectivity index (χ1v) is 13.7. The van der Waals surface area contributed by atoms with E-state index in [0.29, 0.717) is 12.8 Å². The maximum Gasteiger partial charge on any atom is 0.326 e. The molecule has 42 heavy (non-hydrogen) atoms. The number of carboxylic acids is 1. The summed E-state index contributed by atoms with van der Waals surface area (Å²) in [6.45, 7) is 4.34. The SMILES string of the molecule is CC(C)C[C@H](N)C(=O)N[C@@H](CCCN=C(N)N)C(=O)N[C@@H](CCCN=C(N)N)C(=O)N[C@@H](CCCN=C(N)N)C(=O)O. The largest absolute Gasteiger partial charge is 0.480 e. The monoisotopic (exact) mass is 599 g/mol. The molecular formula is C24H49N13O5. The summed E-state index contributed by atoms with van der Waals surface area (Å²) in [4.78, 5) is 62.6. The molecule has 0 aromatic carbocycles. The van der Waals surface area contributed by atoms with Gasteiger partial charge in [0.1, 0.15) is 18.1 Å². The topological polar surface area (TPSA) is 344 Å². The molecule has 0 fully saturated rings. The maximum absolute atomic E-state index is 13.3. The van der Waals surface area contributed by atoms with Crippen LogP contribution in [0.3, 0.4) is 0 Å². The van der Waals surface area contributed by atoms with Crippen molar-refractivity contribution in [3.63, 3.8) is 0 Å². The van der Waals surface area contributed by atoms with Gasteiger partial charge in [0.15, 0.2) is 17.9 Å². The molecule has 0 aromatic rings. The van der Waals surface area contributed by atoms with Crippen molar-refractivity contribution in [2.75, 3.05) is 19.6 Å². The molecule has 3 amide bonds. The van der Waals surface area contributed by atoms with E-state index >= 15 is 0 Å². The maximum atomic E-state index is 13.3. The Kier molecular flexibility index (Phi) is 18.4. The van der Waals surface area contributed by atoms with E-state index in [1.54, 1.807) is 0 Å². The van der Waals surface area contributed by atoms with Gasteiger partial charge in [0.25, 0.3) is 0 Å². The number of guanidine groups is 3. The van der Waals surface area contributed by atoms with Crippen molar-refractivity contribution in [2.24, 2.45) is 61.0 Å². The average molecular weight is 600 g/mol. The molecule has 240 valence electrons. The van der Waals surface area contributed by atoms with Crippen molar-refractivity contribution < 1.29 is 24.3 Å². The highest BCUT2D eigenvalue weighted by Gasteiger charge is 2.30. The molecule has 0 radical (unpaired) electrons. The van der Waals surface area contributed by atoms with Crippen LogP contribution in [0.1, 0.15) is 58.8 Å². The fourth-order valence-corrected chi connectivity index (χ4v) is 3.74. The zero-order valence-electron chi connectivity index (χ0n) is 24.4. The van der Waals surface area contributed by atoms with Gasteiger partial charge in [-0.2, -0.15) is 0 Å². The van der Waals surface area contributed by atoms with Crippen molar-refractivity contribution >= 4 is 41.6 Å². The fourth-order valence-electron chi connectivity index (χ4n) is 3.74. The van der Waals surface area contributed by atoms with E-state index < -0.39 is 47.9 Å². The highest BCUT2D eigenvalue weighted by atomic mass is 16.4. The summed E-state index contributed by atoms with van der Waals surface area (Å²) in [6, 6.07) is -4.37. The Labute approximate surface area is 245 Å². The third-order valence-electron chi connectivity index (χ3n) is 5.78. The van der Waals surface area contributed by atoms with Gasteiger partial charge < -0.3 is 61.2 Å². The number of carboxylic acid groups (broad SMARTS) is 1. The van der Waals surface area contributed by atoms with E-state index in [-0.39, 0.29) is 75.5 Å². The molecular weight excluding hydrogens is 550 g/mol. The van der Waals surface area contributed by atoms with E-state index in [0.717, 1.165) is 0 Å². The van der Waals surface area contributed by atoms with E-state index in [1.807, 2.05) is 13.8 Å². The first kappa shape index (κ1) is 37.6. The van der Waals surface area contributed by atoms with Crippen LogP contribution in [-0.4, -0.2) is 90.5 Å². The Bertz CT molecular complexity index is 958. The van der Waals surface area contributed by atoms with E-state index in [1.165, 1.54) is 0 Å². The second-order valence-electron chi connectivity index (χ2n) is 10.1. The molecule has 0 aliphatic rings. The Morgan fingerprint density at radius 2 is 0.952 bits per heavy atom. The van der Waals surface area contributed by atoms with Gasteiger partial charge >= 0.3 is 5.97 Å². The van der Waals surface area contributed by atoms with Crippen LogP contribution in [0.2, 0.25) is 0 Å². The number of carbonyl (C=O) groups is 4. The van der Waals surface area contributed by atoms with Gasteiger partial charge in [-0.25, -0.2) is 4.79 Å². The lowest BCUT2D eigenvalue weighted by molar-refractivity contribution is -0.142. The highest BCUT2D eigenvalue weighted by molar-refractivity contribution is 5.94. The lowest BCUT2D eigenvalue weighted by Gasteiger charge is -2.25. The molecule has 0 aromatic heterocycles. The smallest absolute Gasteiger partial charge is 0.326 e. The van der Waals surface area contributed by atoms with E-state index in [2.05, 4.69) is 30.9 Å². The number of rotatable bonds is 21. The Balaban J connectivity index is 5.78. The van der Waals surface area contributed by atoms with Crippen LogP contribution >= 0.6 is 0 Å². The number of carbonyl (C=O) groups excluding carboxylic acids is 3. The number of hydrogen-bond donors (Lipinski definition) is 11. The van der Waals surface area contributed by atoms with Crippen LogP contribution < -0.4 is 56.1 Å². The Morgan fingerprint density at radius 3 is 1.29 bits per heavy atom. The standard InChI is InChI=1S/C24H49N13O5/c1-13(2)12-14(25)18(38)35-15(6-3-9-32-22(26)27)19(39)36-16(7-4-10-33-23(28)29)20(40)37-17(21(41)42)8-5-11-34-24(30)31/h13-17H,3-12,25H2,1-2H3,(H,35,38)(H,36,39)(H,37,40)(H,41,42)(H4,26,27,32)(H4,28,29,33)(H4,30,31,34)/t14-,15-,16-,17-/m0/s1. The zero-order valence-corrected chi connectivity index (χ0v) is 24.4. The molecule has 0 aliphatic heterocycles. The van der Waals surface area contributed by atoms with Crippen LogP contribution in [0.25, 0.3) is 0 Å². The third kappa shape index (κ3) is 18.1. The summed E-state index contributed by atoms with van der Waals surface area (Å²) >= 11 is 0. The average Bonchev–Trinajstić information content (AvgIpc) is 2.87. The van der Waals surface area contributed by atoms with Crippen molar-refractivity contribution in [1.29, 1.82) is 0 Å². The van der Waals surface area contributed by atoms with Crippen molar-refractivity contribution in [2.45, 2.75) is 83.0 Å². The molecule has 0 spiro atoms. The molecule has 0 aliphatic carbocycles. The van der Waals surface area contributed by atoms with Crippen LogP contribution in [0.5, 0.6) is 0 Å². The van der Waals surface area contributed by atoms with Gasteiger partial charge in [0.05, 0.1) is 6.04 Å². The second-order valence-corrected chi connectivity index (χ2v) is 10.1. The number of nitrogens with two attached hydrogens (primary N) is 7. The number of amides is 3. The van der Waals surface area contributed by atoms with Crippen LogP contribution in [0.4, 0.5) is 0 Å². The molecule has 0 unspecified atom stereocenters. The zero-order chi connectivity index (χ0) is 32.2. The number of nitrogens with one attached hydrogen (secondary N) is 3. The third-order valence-corrected chi connectivity index (χ3v) is 5.78. The molecule has 18 heteroatoms. The summed E-state index contributed by atoms with van der Waals surface area (Å²) in [5, 5.41) is 17.3. The Hall–Kier alpha value is -4.35.